The van der Waals surface area contributed by atoms with Crippen LogP contribution in [0.5, 0.6) is 0 Å². The van der Waals surface area contributed by atoms with Gasteiger partial charge in [0, 0.05) is 16.6 Å². The molecule has 0 saturated heterocycles. The zero-order chi connectivity index (χ0) is 18.9. The molecule has 2 heterocycles. The summed E-state index contributed by atoms with van der Waals surface area (Å²) in [6, 6.07) is 32.0. The van der Waals surface area contributed by atoms with Crippen LogP contribution in [0.25, 0.3) is 42.9 Å². The summed E-state index contributed by atoms with van der Waals surface area (Å²) in [4.78, 5) is 6.10. The Labute approximate surface area is 169 Å². The second-order valence-corrected chi connectivity index (χ2v) is 7.99. The maximum atomic E-state index is 4.77. The minimum Gasteiger partial charge on any atom is -0.255 e. The number of hydrogen-bond acceptors (Lipinski definition) is 2. The quantitative estimate of drug-likeness (QED) is 0.315. The lowest BCUT2D eigenvalue weighted by Crippen LogP contribution is -1.85. The van der Waals surface area contributed by atoms with Crippen LogP contribution in [0.1, 0.15) is 5.56 Å². The molecule has 5 aromatic rings. The Bertz CT molecular complexity index is 1250. The molecule has 0 aliphatic rings. The summed E-state index contributed by atoms with van der Waals surface area (Å²) < 4.78 is 1.24. The largest absolute Gasteiger partial charge is 0.255 e. The lowest BCUT2D eigenvalue weighted by Gasteiger charge is -2.06. The van der Waals surface area contributed by atoms with Gasteiger partial charge in [0.1, 0.15) is 0 Å². The molecule has 0 fully saturated rings. The van der Waals surface area contributed by atoms with Gasteiger partial charge >= 0.3 is 0 Å². The molecule has 0 bridgehead atoms. The van der Waals surface area contributed by atoms with Crippen molar-refractivity contribution in [2.75, 3.05) is 0 Å². The van der Waals surface area contributed by atoms with E-state index in [0.717, 1.165) is 11.3 Å². The highest BCUT2D eigenvalue weighted by Gasteiger charge is 2.12. The Kier molecular flexibility index (Phi) is 4.27. The fourth-order valence-electron chi connectivity index (χ4n) is 3.64. The molecule has 2 heteroatoms. The standard InChI is InChI=1S/C26H19NS/c1-18-23-16-24(22-14-8-13-21(15-22)19-9-4-2-5-10-19)27-17-25(23)28-26(18)20-11-6-3-7-12-20/h2-17H,1H3. The van der Waals surface area contributed by atoms with Gasteiger partial charge in [0.15, 0.2) is 0 Å². The average Bonchev–Trinajstić information content (AvgIpc) is 3.11. The van der Waals surface area contributed by atoms with Crippen LogP contribution in [0.2, 0.25) is 0 Å². The van der Waals surface area contributed by atoms with Crippen molar-refractivity contribution in [3.8, 4) is 32.8 Å². The Morgan fingerprint density at radius 3 is 2.04 bits per heavy atom. The maximum Gasteiger partial charge on any atom is 0.0709 e. The lowest BCUT2D eigenvalue weighted by molar-refractivity contribution is 1.36. The molecule has 0 unspecified atom stereocenters. The average molecular weight is 378 g/mol. The van der Waals surface area contributed by atoms with Crippen molar-refractivity contribution < 1.29 is 0 Å². The first-order chi connectivity index (χ1) is 13.8. The second-order valence-electron chi connectivity index (χ2n) is 6.93. The number of benzene rings is 3. The van der Waals surface area contributed by atoms with Crippen LogP contribution in [-0.4, -0.2) is 4.98 Å². The van der Waals surface area contributed by atoms with Crippen LogP contribution >= 0.6 is 11.3 Å². The monoisotopic (exact) mass is 377 g/mol. The van der Waals surface area contributed by atoms with Gasteiger partial charge in [-0.15, -0.1) is 11.3 Å². The fraction of sp³-hybridized carbons (Fsp3) is 0.0385. The first kappa shape index (κ1) is 16.9. The molecule has 0 aliphatic heterocycles. The van der Waals surface area contributed by atoms with Gasteiger partial charge in [0.05, 0.1) is 10.4 Å². The summed E-state index contributed by atoms with van der Waals surface area (Å²) in [7, 11) is 0. The predicted molar refractivity (Wildman–Crippen MR) is 121 cm³/mol. The summed E-state index contributed by atoms with van der Waals surface area (Å²) in [5.74, 6) is 0. The van der Waals surface area contributed by atoms with E-state index in [-0.39, 0.29) is 0 Å². The molecule has 1 nitrogen and oxygen atoms in total. The highest BCUT2D eigenvalue weighted by atomic mass is 32.1. The lowest BCUT2D eigenvalue weighted by atomic mass is 10.0. The van der Waals surface area contributed by atoms with E-state index >= 15 is 0 Å². The summed E-state index contributed by atoms with van der Waals surface area (Å²) >= 11 is 1.82. The van der Waals surface area contributed by atoms with Crippen LogP contribution in [-0.2, 0) is 0 Å². The van der Waals surface area contributed by atoms with E-state index in [0.29, 0.717) is 0 Å². The molecule has 0 spiro atoms. The molecule has 3 aromatic carbocycles. The van der Waals surface area contributed by atoms with Gasteiger partial charge in [0.2, 0.25) is 0 Å². The third-order valence-corrected chi connectivity index (χ3v) is 6.42. The molecular formula is C26H19NS. The van der Waals surface area contributed by atoms with E-state index in [1.165, 1.54) is 37.2 Å². The summed E-state index contributed by atoms with van der Waals surface area (Å²) in [6.07, 6.45) is 2.02. The van der Waals surface area contributed by atoms with Gasteiger partial charge in [-0.05, 0) is 46.7 Å². The third kappa shape index (κ3) is 3.02. The minimum absolute atomic E-state index is 1.02. The molecule has 2 aromatic heterocycles. The van der Waals surface area contributed by atoms with E-state index in [4.69, 9.17) is 4.98 Å². The van der Waals surface area contributed by atoms with Crippen molar-refractivity contribution >= 4 is 21.4 Å². The number of rotatable bonds is 3. The molecule has 0 aliphatic carbocycles. The van der Waals surface area contributed by atoms with Crippen LogP contribution in [0.4, 0.5) is 0 Å². The summed E-state index contributed by atoms with van der Waals surface area (Å²) in [6.45, 7) is 2.21. The Morgan fingerprint density at radius 2 is 1.29 bits per heavy atom. The van der Waals surface area contributed by atoms with E-state index in [2.05, 4.69) is 91.9 Å². The molecule has 28 heavy (non-hydrogen) atoms. The summed E-state index contributed by atoms with van der Waals surface area (Å²) in [5.41, 5.74) is 7.21. The number of thiophene rings is 1. The Morgan fingerprint density at radius 1 is 0.643 bits per heavy atom. The fourth-order valence-corrected chi connectivity index (χ4v) is 4.80. The van der Waals surface area contributed by atoms with Gasteiger partial charge in [-0.25, -0.2) is 0 Å². The topological polar surface area (TPSA) is 12.9 Å². The van der Waals surface area contributed by atoms with Crippen molar-refractivity contribution in [1.29, 1.82) is 0 Å². The SMILES string of the molecule is Cc1c(-c2ccccc2)sc2cnc(-c3cccc(-c4ccccc4)c3)cc12. The molecule has 0 atom stereocenters. The van der Waals surface area contributed by atoms with Crippen LogP contribution in [0.15, 0.2) is 97.2 Å². The highest BCUT2D eigenvalue weighted by molar-refractivity contribution is 7.22. The number of fused-ring (bicyclic) bond motifs is 1. The van der Waals surface area contributed by atoms with Gasteiger partial charge in [-0.1, -0.05) is 78.9 Å². The van der Waals surface area contributed by atoms with Gasteiger partial charge in [-0.3, -0.25) is 4.98 Å². The van der Waals surface area contributed by atoms with Gasteiger partial charge < -0.3 is 0 Å². The smallest absolute Gasteiger partial charge is 0.0709 e. The number of aryl methyl sites for hydroxylation is 1. The normalized spacial score (nSPS) is 11.0. The first-order valence-corrected chi connectivity index (χ1v) is 10.2. The first-order valence-electron chi connectivity index (χ1n) is 9.40. The van der Waals surface area contributed by atoms with Crippen molar-refractivity contribution in [2.24, 2.45) is 0 Å². The second kappa shape index (κ2) is 7.06. The van der Waals surface area contributed by atoms with Crippen LogP contribution in [0, 0.1) is 6.92 Å². The predicted octanol–water partition coefficient (Wildman–Crippen LogP) is 7.61. The molecule has 0 N–H and O–H groups in total. The Hall–Kier alpha value is -3.23. The third-order valence-electron chi connectivity index (χ3n) is 5.13. The van der Waals surface area contributed by atoms with E-state index < -0.39 is 0 Å². The van der Waals surface area contributed by atoms with Crippen molar-refractivity contribution in [3.05, 3.63) is 103 Å². The van der Waals surface area contributed by atoms with E-state index in [9.17, 15) is 0 Å². The molecule has 0 amide bonds. The maximum absolute atomic E-state index is 4.77. The molecule has 0 radical (unpaired) electrons. The van der Waals surface area contributed by atoms with E-state index in [1.807, 2.05) is 23.6 Å². The van der Waals surface area contributed by atoms with E-state index in [1.54, 1.807) is 0 Å². The molecule has 134 valence electrons. The van der Waals surface area contributed by atoms with Gasteiger partial charge in [0.25, 0.3) is 0 Å². The number of hydrogen-bond donors (Lipinski definition) is 0. The molecule has 0 saturated carbocycles. The zero-order valence-corrected chi connectivity index (χ0v) is 16.4. The van der Waals surface area contributed by atoms with Crippen molar-refractivity contribution in [3.63, 3.8) is 0 Å². The number of nitrogens with zero attached hydrogens (tertiary/aromatic N) is 1. The van der Waals surface area contributed by atoms with Crippen LogP contribution < -0.4 is 0 Å². The molecular weight excluding hydrogens is 358 g/mol. The van der Waals surface area contributed by atoms with Crippen molar-refractivity contribution in [2.45, 2.75) is 6.92 Å². The zero-order valence-electron chi connectivity index (χ0n) is 15.6. The minimum atomic E-state index is 1.02. The Balaban J connectivity index is 1.60. The number of pyridine rings is 1. The highest BCUT2D eigenvalue weighted by Crippen LogP contribution is 2.39. The summed E-state index contributed by atoms with van der Waals surface area (Å²) in [5, 5.41) is 1.29. The van der Waals surface area contributed by atoms with Crippen LogP contribution in [0.3, 0.4) is 0 Å². The number of aromatic nitrogens is 1. The molecule has 5 rings (SSSR count). The van der Waals surface area contributed by atoms with Gasteiger partial charge in [-0.2, -0.15) is 0 Å². The van der Waals surface area contributed by atoms with Crippen molar-refractivity contribution in [1.82, 2.24) is 4.98 Å².